The molecular formula is C12H9ClF2O2. The van der Waals surface area contributed by atoms with Gasteiger partial charge in [0.1, 0.15) is 23.5 Å². The summed E-state index contributed by atoms with van der Waals surface area (Å²) in [4.78, 5) is 0. The Kier molecular flexibility index (Phi) is 3.45. The van der Waals surface area contributed by atoms with Gasteiger partial charge in [-0.2, -0.15) is 0 Å². The Hall–Kier alpha value is -1.39. The molecule has 1 heterocycles. The SMILES string of the molecule is OC(Cc1cc(F)cc(F)c1)c1ccc(Cl)o1. The van der Waals surface area contributed by atoms with Crippen LogP contribution in [0.3, 0.4) is 0 Å². The van der Waals surface area contributed by atoms with E-state index in [1.807, 2.05) is 0 Å². The third-order valence-electron chi connectivity index (χ3n) is 2.27. The second-order valence-corrected chi connectivity index (χ2v) is 4.01. The molecule has 1 unspecified atom stereocenters. The number of hydrogen-bond acceptors (Lipinski definition) is 2. The molecule has 1 atom stereocenters. The summed E-state index contributed by atoms with van der Waals surface area (Å²) in [5.74, 6) is -1.09. The monoisotopic (exact) mass is 258 g/mol. The number of rotatable bonds is 3. The van der Waals surface area contributed by atoms with Crippen LogP contribution in [0.25, 0.3) is 0 Å². The van der Waals surface area contributed by atoms with Crippen molar-refractivity contribution in [2.45, 2.75) is 12.5 Å². The van der Waals surface area contributed by atoms with Crippen molar-refractivity contribution in [2.75, 3.05) is 0 Å². The largest absolute Gasteiger partial charge is 0.447 e. The Morgan fingerprint density at radius 2 is 1.82 bits per heavy atom. The van der Waals surface area contributed by atoms with Gasteiger partial charge in [0, 0.05) is 12.5 Å². The number of benzene rings is 1. The van der Waals surface area contributed by atoms with Crippen molar-refractivity contribution in [3.05, 3.63) is 58.5 Å². The lowest BCUT2D eigenvalue weighted by molar-refractivity contribution is 0.150. The topological polar surface area (TPSA) is 33.4 Å². The van der Waals surface area contributed by atoms with Gasteiger partial charge in [-0.3, -0.25) is 0 Å². The molecule has 0 saturated carbocycles. The lowest BCUT2D eigenvalue weighted by Crippen LogP contribution is -2.01. The summed E-state index contributed by atoms with van der Waals surface area (Å²) in [6.07, 6.45) is -0.929. The third-order valence-corrected chi connectivity index (χ3v) is 2.48. The van der Waals surface area contributed by atoms with Crippen molar-refractivity contribution in [3.8, 4) is 0 Å². The number of aliphatic hydroxyl groups excluding tert-OH is 1. The smallest absolute Gasteiger partial charge is 0.193 e. The average molecular weight is 259 g/mol. The Balaban J connectivity index is 2.15. The molecule has 0 aliphatic rings. The fourth-order valence-corrected chi connectivity index (χ4v) is 1.71. The Morgan fingerprint density at radius 1 is 1.18 bits per heavy atom. The third kappa shape index (κ3) is 3.05. The summed E-state index contributed by atoms with van der Waals surface area (Å²) in [7, 11) is 0. The molecule has 1 aromatic heterocycles. The molecule has 0 fully saturated rings. The molecule has 0 radical (unpaired) electrons. The second-order valence-electron chi connectivity index (χ2n) is 3.64. The second kappa shape index (κ2) is 4.85. The molecule has 5 heteroatoms. The Bertz CT molecular complexity index is 505. The number of furan rings is 1. The van der Waals surface area contributed by atoms with E-state index in [4.69, 9.17) is 16.0 Å². The summed E-state index contributed by atoms with van der Waals surface area (Å²) >= 11 is 5.56. The quantitative estimate of drug-likeness (QED) is 0.914. The fourth-order valence-electron chi connectivity index (χ4n) is 1.56. The van der Waals surface area contributed by atoms with Gasteiger partial charge in [-0.1, -0.05) is 0 Å². The van der Waals surface area contributed by atoms with Gasteiger partial charge in [0.2, 0.25) is 0 Å². The maximum atomic E-state index is 12.9. The van der Waals surface area contributed by atoms with Crippen LogP contribution in [-0.4, -0.2) is 5.11 Å². The highest BCUT2D eigenvalue weighted by Gasteiger charge is 2.13. The van der Waals surface area contributed by atoms with Crippen LogP contribution in [0.4, 0.5) is 8.78 Å². The lowest BCUT2D eigenvalue weighted by atomic mass is 10.1. The molecule has 1 aromatic carbocycles. The van der Waals surface area contributed by atoms with E-state index in [-0.39, 0.29) is 17.4 Å². The minimum absolute atomic E-state index is 0.0541. The number of halogens is 3. The maximum Gasteiger partial charge on any atom is 0.193 e. The summed E-state index contributed by atoms with van der Waals surface area (Å²) < 4.78 is 30.8. The molecule has 0 aliphatic carbocycles. The van der Waals surface area contributed by atoms with E-state index >= 15 is 0 Å². The molecule has 17 heavy (non-hydrogen) atoms. The van der Waals surface area contributed by atoms with E-state index in [1.54, 1.807) is 0 Å². The predicted octanol–water partition coefficient (Wildman–Crippen LogP) is 3.49. The van der Waals surface area contributed by atoms with Crippen molar-refractivity contribution in [1.82, 2.24) is 0 Å². The van der Waals surface area contributed by atoms with Gasteiger partial charge in [0.05, 0.1) is 0 Å². The first-order valence-corrected chi connectivity index (χ1v) is 5.30. The molecule has 0 saturated heterocycles. The van der Waals surface area contributed by atoms with Gasteiger partial charge in [-0.25, -0.2) is 8.78 Å². The van der Waals surface area contributed by atoms with Gasteiger partial charge in [0.25, 0.3) is 0 Å². The van der Waals surface area contributed by atoms with Crippen LogP contribution in [0.5, 0.6) is 0 Å². The van der Waals surface area contributed by atoms with Crippen LogP contribution in [0.1, 0.15) is 17.4 Å². The van der Waals surface area contributed by atoms with Crippen LogP contribution in [0, 0.1) is 11.6 Å². The van der Waals surface area contributed by atoms with Gasteiger partial charge in [0.15, 0.2) is 5.22 Å². The van der Waals surface area contributed by atoms with Crippen LogP contribution < -0.4 is 0 Å². The van der Waals surface area contributed by atoms with E-state index < -0.39 is 17.7 Å². The zero-order chi connectivity index (χ0) is 12.4. The lowest BCUT2D eigenvalue weighted by Gasteiger charge is -2.07. The van der Waals surface area contributed by atoms with Crippen LogP contribution in [-0.2, 0) is 6.42 Å². The highest BCUT2D eigenvalue weighted by Crippen LogP contribution is 2.23. The van der Waals surface area contributed by atoms with Crippen LogP contribution >= 0.6 is 11.6 Å². The predicted molar refractivity (Wildman–Crippen MR) is 58.7 cm³/mol. The van der Waals surface area contributed by atoms with E-state index in [0.29, 0.717) is 5.56 Å². The number of aliphatic hydroxyl groups is 1. The molecule has 2 nitrogen and oxygen atoms in total. The molecule has 0 amide bonds. The van der Waals surface area contributed by atoms with Gasteiger partial charge >= 0.3 is 0 Å². The Morgan fingerprint density at radius 3 is 2.35 bits per heavy atom. The van der Waals surface area contributed by atoms with Gasteiger partial charge in [-0.05, 0) is 41.4 Å². The molecule has 0 bridgehead atoms. The van der Waals surface area contributed by atoms with Crippen molar-refractivity contribution in [3.63, 3.8) is 0 Å². The molecule has 2 rings (SSSR count). The molecule has 90 valence electrons. The number of hydrogen-bond donors (Lipinski definition) is 1. The molecule has 2 aromatic rings. The van der Waals surface area contributed by atoms with Crippen LogP contribution in [0.15, 0.2) is 34.7 Å². The highest BCUT2D eigenvalue weighted by atomic mass is 35.5. The van der Waals surface area contributed by atoms with Crippen LogP contribution in [0.2, 0.25) is 5.22 Å². The van der Waals surface area contributed by atoms with E-state index in [9.17, 15) is 13.9 Å². The fraction of sp³-hybridized carbons (Fsp3) is 0.167. The van der Waals surface area contributed by atoms with E-state index in [2.05, 4.69) is 0 Å². The minimum atomic E-state index is -0.983. The van der Waals surface area contributed by atoms with E-state index in [1.165, 1.54) is 12.1 Å². The molecular weight excluding hydrogens is 250 g/mol. The van der Waals surface area contributed by atoms with Crippen molar-refractivity contribution < 1.29 is 18.3 Å². The first kappa shape index (κ1) is 12.1. The van der Waals surface area contributed by atoms with Crippen molar-refractivity contribution in [2.24, 2.45) is 0 Å². The van der Waals surface area contributed by atoms with Crippen molar-refractivity contribution in [1.29, 1.82) is 0 Å². The summed E-state index contributed by atoms with van der Waals surface area (Å²) in [6, 6.07) is 6.11. The summed E-state index contributed by atoms with van der Waals surface area (Å²) in [5.41, 5.74) is 0.350. The Labute approximate surface area is 101 Å². The molecule has 1 N–H and O–H groups in total. The van der Waals surface area contributed by atoms with Crippen molar-refractivity contribution >= 4 is 11.6 Å². The first-order valence-electron chi connectivity index (χ1n) is 4.93. The van der Waals surface area contributed by atoms with Gasteiger partial charge in [-0.15, -0.1) is 0 Å². The molecule has 0 spiro atoms. The highest BCUT2D eigenvalue weighted by molar-refractivity contribution is 6.28. The minimum Gasteiger partial charge on any atom is -0.447 e. The average Bonchev–Trinajstić information content (AvgIpc) is 2.63. The summed E-state index contributed by atoms with van der Waals surface area (Å²) in [5, 5.41) is 9.93. The maximum absolute atomic E-state index is 12.9. The zero-order valence-corrected chi connectivity index (χ0v) is 9.42. The van der Waals surface area contributed by atoms with E-state index in [0.717, 1.165) is 18.2 Å². The summed E-state index contributed by atoms with van der Waals surface area (Å²) in [6.45, 7) is 0. The molecule has 0 aliphatic heterocycles. The first-order chi connectivity index (χ1) is 8.04. The normalized spacial score (nSPS) is 12.7. The van der Waals surface area contributed by atoms with Gasteiger partial charge < -0.3 is 9.52 Å². The zero-order valence-electron chi connectivity index (χ0n) is 8.66. The standard InChI is InChI=1S/C12H9ClF2O2/c13-12-2-1-11(17-12)10(16)5-7-3-8(14)6-9(15)4-7/h1-4,6,10,16H,5H2.